The van der Waals surface area contributed by atoms with E-state index in [2.05, 4.69) is 5.32 Å². The van der Waals surface area contributed by atoms with Crippen LogP contribution in [0.1, 0.15) is 22.8 Å². The first-order valence-corrected chi connectivity index (χ1v) is 6.34. The highest BCUT2D eigenvalue weighted by molar-refractivity contribution is 5.95. The lowest BCUT2D eigenvalue weighted by atomic mass is 9.85. The molecule has 1 aliphatic heterocycles. The van der Waals surface area contributed by atoms with Crippen molar-refractivity contribution in [2.75, 3.05) is 13.2 Å². The molecule has 1 fully saturated rings. The Labute approximate surface area is 119 Å². The molecule has 1 aromatic rings. The average Bonchev–Trinajstić information content (AvgIpc) is 2.77. The number of benzene rings is 1. The lowest BCUT2D eigenvalue weighted by molar-refractivity contribution is -0.148. The molecule has 1 amide bonds. The molecule has 0 bridgehead atoms. The third-order valence-electron chi connectivity index (χ3n) is 3.76. The van der Waals surface area contributed by atoms with E-state index in [1.165, 1.54) is 19.9 Å². The second-order valence-electron chi connectivity index (χ2n) is 5.32. The van der Waals surface area contributed by atoms with Crippen LogP contribution in [0, 0.1) is 24.0 Å². The van der Waals surface area contributed by atoms with Crippen molar-refractivity contribution >= 4 is 11.9 Å². The maximum Gasteiger partial charge on any atom is 0.313 e. The van der Waals surface area contributed by atoms with Gasteiger partial charge in [-0.1, -0.05) is 6.07 Å². The van der Waals surface area contributed by atoms with Crippen LogP contribution in [-0.2, 0) is 9.53 Å². The zero-order valence-electron chi connectivity index (χ0n) is 11.6. The lowest BCUT2D eigenvalue weighted by Gasteiger charge is -2.25. The Kier molecular flexibility index (Phi) is 3.95. The molecular formula is C14H15F2NO4. The van der Waals surface area contributed by atoms with Crippen molar-refractivity contribution in [2.45, 2.75) is 19.9 Å². The quantitative estimate of drug-likeness (QED) is 0.886. The number of carboxylic acids is 1. The number of nitrogens with one attached hydrogen (secondary N) is 1. The van der Waals surface area contributed by atoms with E-state index in [9.17, 15) is 23.5 Å². The number of hydrogen-bond acceptors (Lipinski definition) is 3. The predicted molar refractivity (Wildman–Crippen MR) is 68.9 cm³/mol. The molecule has 5 nitrogen and oxygen atoms in total. The van der Waals surface area contributed by atoms with Gasteiger partial charge in [0.15, 0.2) is 0 Å². The van der Waals surface area contributed by atoms with Gasteiger partial charge in [-0.2, -0.15) is 0 Å². The summed E-state index contributed by atoms with van der Waals surface area (Å²) in [6.07, 6.45) is 0. The first kappa shape index (κ1) is 15.4. The molecule has 0 aliphatic carbocycles. The van der Waals surface area contributed by atoms with Crippen LogP contribution in [0.25, 0.3) is 0 Å². The Morgan fingerprint density at radius 2 is 2.10 bits per heavy atom. The van der Waals surface area contributed by atoms with Crippen molar-refractivity contribution < 1.29 is 28.2 Å². The van der Waals surface area contributed by atoms with Gasteiger partial charge in [0.1, 0.15) is 22.6 Å². The molecule has 7 heteroatoms. The van der Waals surface area contributed by atoms with Gasteiger partial charge in [-0.05, 0) is 25.5 Å². The van der Waals surface area contributed by atoms with E-state index in [4.69, 9.17) is 4.74 Å². The molecule has 1 saturated heterocycles. The minimum atomic E-state index is -1.33. The minimum absolute atomic E-state index is 0.0242. The smallest absolute Gasteiger partial charge is 0.313 e. The fourth-order valence-electron chi connectivity index (χ4n) is 2.18. The summed E-state index contributed by atoms with van der Waals surface area (Å²) >= 11 is 0. The number of ether oxygens (including phenoxy) is 1. The van der Waals surface area contributed by atoms with Crippen LogP contribution < -0.4 is 5.32 Å². The second kappa shape index (κ2) is 5.40. The molecule has 1 aliphatic rings. The summed E-state index contributed by atoms with van der Waals surface area (Å²) in [5.41, 5.74) is -1.91. The van der Waals surface area contributed by atoms with Gasteiger partial charge in [-0.25, -0.2) is 8.78 Å². The molecule has 1 heterocycles. The van der Waals surface area contributed by atoms with Crippen molar-refractivity contribution in [3.63, 3.8) is 0 Å². The molecule has 2 atom stereocenters. The molecule has 114 valence electrons. The van der Waals surface area contributed by atoms with Crippen LogP contribution in [-0.4, -0.2) is 36.2 Å². The van der Waals surface area contributed by atoms with Crippen LogP contribution in [0.4, 0.5) is 8.78 Å². The summed E-state index contributed by atoms with van der Waals surface area (Å²) in [6, 6.07) is 1.36. The molecule has 21 heavy (non-hydrogen) atoms. The van der Waals surface area contributed by atoms with Crippen LogP contribution in [0.5, 0.6) is 0 Å². The third-order valence-corrected chi connectivity index (χ3v) is 3.76. The maximum absolute atomic E-state index is 13.9. The molecular weight excluding hydrogens is 284 g/mol. The Hall–Kier alpha value is -2.02. The summed E-state index contributed by atoms with van der Waals surface area (Å²) in [5.74, 6) is -4.08. The van der Waals surface area contributed by atoms with Crippen LogP contribution >= 0.6 is 0 Å². The molecule has 1 aromatic carbocycles. The van der Waals surface area contributed by atoms with Gasteiger partial charge in [-0.3, -0.25) is 9.59 Å². The summed E-state index contributed by atoms with van der Waals surface area (Å²) in [4.78, 5) is 23.3. The molecule has 2 rings (SSSR count). The highest BCUT2D eigenvalue weighted by Gasteiger charge is 2.47. The standard InChI is InChI=1S/C14H15F2NO4/c1-7-3-4-8(15)10(11(7)16)12(18)17-9-5-21-6-14(9,2)13(19)20/h3-4,9H,5-6H2,1-2H3,(H,17,18)(H,19,20). The second-order valence-corrected chi connectivity index (χ2v) is 5.32. The monoisotopic (exact) mass is 299 g/mol. The minimum Gasteiger partial charge on any atom is -0.481 e. The predicted octanol–water partition coefficient (Wildman–Crippen LogP) is 1.49. The molecule has 0 spiro atoms. The van der Waals surface area contributed by atoms with Gasteiger partial charge >= 0.3 is 5.97 Å². The summed E-state index contributed by atoms with van der Waals surface area (Å²) < 4.78 is 32.6. The van der Waals surface area contributed by atoms with Crippen molar-refractivity contribution in [1.29, 1.82) is 0 Å². The van der Waals surface area contributed by atoms with Gasteiger partial charge in [0.05, 0.1) is 19.3 Å². The molecule has 0 aromatic heterocycles. The van der Waals surface area contributed by atoms with Crippen molar-refractivity contribution in [2.24, 2.45) is 5.41 Å². The largest absolute Gasteiger partial charge is 0.481 e. The van der Waals surface area contributed by atoms with E-state index in [1.54, 1.807) is 0 Å². The first-order chi connectivity index (χ1) is 9.77. The first-order valence-electron chi connectivity index (χ1n) is 6.34. The number of halogens is 2. The normalized spacial score (nSPS) is 24.9. The number of amides is 1. The van der Waals surface area contributed by atoms with Crippen LogP contribution in [0.3, 0.4) is 0 Å². The van der Waals surface area contributed by atoms with Gasteiger partial charge in [0.25, 0.3) is 5.91 Å². The number of carbonyl (C=O) groups is 2. The van der Waals surface area contributed by atoms with E-state index in [0.29, 0.717) is 0 Å². The molecule has 0 saturated carbocycles. The number of aryl methyl sites for hydroxylation is 1. The number of aliphatic carboxylic acids is 1. The van der Waals surface area contributed by atoms with Gasteiger partial charge in [0, 0.05) is 0 Å². The van der Waals surface area contributed by atoms with Crippen molar-refractivity contribution in [3.05, 3.63) is 34.9 Å². The number of rotatable bonds is 3. The fraction of sp³-hybridized carbons (Fsp3) is 0.429. The average molecular weight is 299 g/mol. The van der Waals surface area contributed by atoms with E-state index < -0.39 is 40.5 Å². The Morgan fingerprint density at radius 3 is 2.71 bits per heavy atom. The number of carboxylic acid groups (broad SMARTS) is 1. The Balaban J connectivity index is 2.27. The lowest BCUT2D eigenvalue weighted by Crippen LogP contribution is -2.50. The zero-order chi connectivity index (χ0) is 15.8. The summed E-state index contributed by atoms with van der Waals surface area (Å²) in [7, 11) is 0. The van der Waals surface area contributed by atoms with E-state index in [1.807, 2.05) is 0 Å². The van der Waals surface area contributed by atoms with Crippen LogP contribution in [0.2, 0.25) is 0 Å². The van der Waals surface area contributed by atoms with Crippen molar-refractivity contribution in [1.82, 2.24) is 5.32 Å². The Morgan fingerprint density at radius 1 is 1.43 bits per heavy atom. The summed E-state index contributed by atoms with van der Waals surface area (Å²) in [6.45, 7) is 2.72. The van der Waals surface area contributed by atoms with Crippen molar-refractivity contribution in [3.8, 4) is 0 Å². The zero-order valence-corrected chi connectivity index (χ0v) is 11.6. The molecule has 2 unspecified atom stereocenters. The molecule has 0 radical (unpaired) electrons. The SMILES string of the molecule is Cc1ccc(F)c(C(=O)NC2COCC2(C)C(=O)O)c1F. The van der Waals surface area contributed by atoms with E-state index >= 15 is 0 Å². The number of carbonyl (C=O) groups excluding carboxylic acids is 1. The topological polar surface area (TPSA) is 75.6 Å². The molecule has 2 N–H and O–H groups in total. The van der Waals surface area contributed by atoms with E-state index in [-0.39, 0.29) is 18.8 Å². The fourth-order valence-corrected chi connectivity index (χ4v) is 2.18. The van der Waals surface area contributed by atoms with Gasteiger partial charge < -0.3 is 15.2 Å². The third kappa shape index (κ3) is 2.61. The number of hydrogen-bond donors (Lipinski definition) is 2. The van der Waals surface area contributed by atoms with E-state index in [0.717, 1.165) is 6.07 Å². The highest BCUT2D eigenvalue weighted by Crippen LogP contribution is 2.29. The van der Waals surface area contributed by atoms with Gasteiger partial charge in [0.2, 0.25) is 0 Å². The summed E-state index contributed by atoms with van der Waals surface area (Å²) in [5, 5.41) is 11.6. The Bertz CT molecular complexity index is 605. The maximum atomic E-state index is 13.9. The highest BCUT2D eigenvalue weighted by atomic mass is 19.1. The van der Waals surface area contributed by atoms with Gasteiger partial charge in [-0.15, -0.1) is 0 Å². The van der Waals surface area contributed by atoms with Crippen LogP contribution in [0.15, 0.2) is 12.1 Å².